The maximum atomic E-state index is 16.9. The molecule has 56 heavy (non-hydrogen) atoms. The predicted octanol–water partition coefficient (Wildman–Crippen LogP) is 7.80. The maximum Gasteiger partial charge on any atom is 0.306 e. The predicted molar refractivity (Wildman–Crippen MR) is 219 cm³/mol. The van der Waals surface area contributed by atoms with Crippen LogP contribution in [0.4, 0.5) is 4.39 Å². The Morgan fingerprint density at radius 3 is 2.36 bits per heavy atom. The Hall–Kier alpha value is -3.16. The smallest absolute Gasteiger partial charge is 0.306 e. The number of hydrogen-bond donors (Lipinski definition) is 3. The number of halogens is 1. The van der Waals surface area contributed by atoms with E-state index in [1.807, 2.05) is 47.7 Å². The van der Waals surface area contributed by atoms with Crippen LogP contribution in [0.15, 0.2) is 66.3 Å². The van der Waals surface area contributed by atoms with Crippen LogP contribution in [0.2, 0.25) is 18.1 Å². The number of cyclic esters (lactones) is 1. The molecule has 3 N–H and O–H groups in total. The number of carbonyl (C=O) groups is 3. The minimum atomic E-state index is -2.64. The molecule has 2 heterocycles. The van der Waals surface area contributed by atoms with Crippen molar-refractivity contribution >= 4 is 26.2 Å². The number of amides is 1. The molecule has 0 radical (unpaired) electrons. The minimum Gasteiger partial charge on any atom is -0.457 e. The molecule has 3 rings (SSSR count). The molecule has 10 nitrogen and oxygen atoms in total. The summed E-state index contributed by atoms with van der Waals surface area (Å²) in [5.74, 6) is -2.08. The lowest BCUT2D eigenvalue weighted by molar-refractivity contribution is -0.156. The molecule has 0 aliphatic carbocycles. The monoisotopic (exact) mass is 801 g/mol. The summed E-state index contributed by atoms with van der Waals surface area (Å²) in [6.07, 6.45) is 7.33. The fourth-order valence-electron chi connectivity index (χ4n) is 7.59. The zero-order chi connectivity index (χ0) is 42.2. The second-order valence-corrected chi connectivity index (χ2v) is 22.1. The number of nitrogens with one attached hydrogen (secondary N) is 1. The first-order chi connectivity index (χ1) is 25.9. The Morgan fingerprint density at radius 2 is 1.79 bits per heavy atom. The number of aliphatic hydroxyl groups is 1. The van der Waals surface area contributed by atoms with Gasteiger partial charge in [0.1, 0.15) is 29.6 Å². The quantitative estimate of drug-likeness (QED) is 0.0532. The van der Waals surface area contributed by atoms with Gasteiger partial charge in [-0.05, 0) is 100 Å². The average molecular weight is 802 g/mol. The molecule has 0 aromatic heterocycles. The SMILES string of the molecule is CC[C@H](OC)[C@@H](C)[C@H]1O[C@@H]1C(NC(=O)c1ccccc1)C(C)(F)/C=C/C=C(\C)C1OC(=O)C[C@H](CC(C)(C)[Si](C)(C)O)CC[C@@](C)(O)[C@@H](OC(C)=O)/C=C/[C@@H]1C. The molecule has 3 unspecified atom stereocenters. The summed E-state index contributed by atoms with van der Waals surface area (Å²) < 4.78 is 40.4. The van der Waals surface area contributed by atoms with Gasteiger partial charge in [-0.2, -0.15) is 0 Å². The van der Waals surface area contributed by atoms with Gasteiger partial charge in [-0.25, -0.2) is 4.39 Å². The van der Waals surface area contributed by atoms with Crippen molar-refractivity contribution in [2.75, 3.05) is 7.11 Å². The average Bonchev–Trinajstić information content (AvgIpc) is 3.90. The number of benzene rings is 1. The highest BCUT2D eigenvalue weighted by molar-refractivity contribution is 6.72. The highest BCUT2D eigenvalue weighted by atomic mass is 28.4. The van der Waals surface area contributed by atoms with Crippen molar-refractivity contribution in [1.82, 2.24) is 5.32 Å². The molecule has 1 fully saturated rings. The molecular weight excluding hydrogens is 734 g/mol. The summed E-state index contributed by atoms with van der Waals surface area (Å²) in [5.41, 5.74) is -2.46. The van der Waals surface area contributed by atoms with E-state index in [1.54, 1.807) is 75.6 Å². The van der Waals surface area contributed by atoms with Crippen molar-refractivity contribution in [3.63, 3.8) is 0 Å². The lowest BCUT2D eigenvalue weighted by atomic mass is 9.83. The Kier molecular flexibility index (Phi) is 16.5. The van der Waals surface area contributed by atoms with Gasteiger partial charge in [-0.15, -0.1) is 0 Å². The van der Waals surface area contributed by atoms with Gasteiger partial charge in [0.2, 0.25) is 0 Å². The van der Waals surface area contributed by atoms with E-state index in [4.69, 9.17) is 18.9 Å². The van der Waals surface area contributed by atoms with E-state index in [-0.39, 0.29) is 36.9 Å². The molecule has 314 valence electrons. The number of allylic oxidation sites excluding steroid dienone is 2. The Morgan fingerprint density at radius 1 is 1.14 bits per heavy atom. The summed E-state index contributed by atoms with van der Waals surface area (Å²) in [6.45, 7) is 19.7. The fourth-order valence-corrected chi connectivity index (χ4v) is 8.38. The van der Waals surface area contributed by atoms with E-state index in [2.05, 4.69) is 5.32 Å². The number of methoxy groups -OCH3 is 1. The zero-order valence-corrected chi connectivity index (χ0v) is 36.6. The molecule has 0 spiro atoms. The van der Waals surface area contributed by atoms with Crippen molar-refractivity contribution in [2.24, 2.45) is 17.8 Å². The molecule has 12 heteroatoms. The number of esters is 2. The van der Waals surface area contributed by atoms with Gasteiger partial charge in [0.05, 0.1) is 18.2 Å². The first kappa shape index (κ1) is 47.2. The summed E-state index contributed by atoms with van der Waals surface area (Å²) in [7, 11) is -0.997. The first-order valence-corrected chi connectivity index (χ1v) is 23.0. The van der Waals surface area contributed by atoms with E-state index in [0.717, 1.165) is 6.42 Å². The van der Waals surface area contributed by atoms with Crippen LogP contribution in [0.3, 0.4) is 0 Å². The number of ether oxygens (including phenoxy) is 4. The van der Waals surface area contributed by atoms with Crippen LogP contribution in [0.5, 0.6) is 0 Å². The fraction of sp³-hybridized carbons (Fsp3) is 0.659. The lowest BCUT2D eigenvalue weighted by Crippen LogP contribution is -2.52. The van der Waals surface area contributed by atoms with E-state index >= 15 is 4.39 Å². The second-order valence-electron chi connectivity index (χ2n) is 17.6. The van der Waals surface area contributed by atoms with Crippen LogP contribution in [0, 0.1) is 17.8 Å². The Labute approximate surface area is 335 Å². The van der Waals surface area contributed by atoms with Crippen LogP contribution >= 0.6 is 0 Å². The number of epoxide rings is 1. The normalized spacial score (nSPS) is 30.1. The molecule has 1 amide bonds. The maximum absolute atomic E-state index is 16.9. The molecular formula is C44H68FNO9Si. The van der Waals surface area contributed by atoms with Crippen molar-refractivity contribution in [2.45, 2.75) is 160 Å². The molecule has 0 bridgehead atoms. The van der Waals surface area contributed by atoms with E-state index in [1.165, 1.54) is 19.9 Å². The third-order valence-electron chi connectivity index (χ3n) is 12.1. The van der Waals surface area contributed by atoms with Crippen molar-refractivity contribution in [1.29, 1.82) is 0 Å². The highest BCUT2D eigenvalue weighted by Gasteiger charge is 2.55. The molecule has 1 saturated heterocycles. The Bertz CT molecular complexity index is 1560. The third-order valence-corrected chi connectivity index (χ3v) is 15.6. The summed E-state index contributed by atoms with van der Waals surface area (Å²) in [4.78, 5) is 50.2. The zero-order valence-electron chi connectivity index (χ0n) is 35.6. The lowest BCUT2D eigenvalue weighted by Gasteiger charge is -2.39. The number of hydrogen-bond acceptors (Lipinski definition) is 9. The van der Waals surface area contributed by atoms with Gasteiger partial charge in [0, 0.05) is 37.9 Å². The standard InChI is InChI=1S/C44H68FNO9Si/c1-13-34(52-10)30(4)38-39(55-38)40(46-41(49)33-19-15-14-16-20-33)43(8,45)24-17-18-28(2)37-29(3)21-22-35(53-31(5)47)44(9,50)25-23-32(26-36(48)54-37)27-42(6,7)56(11,12)51/h14-22,24,29-30,32,34-35,37-40,50-51H,13,23,25-27H2,1-12H3,(H,46,49)/b22-21+,24-17+,28-18+/t29-,30+,32+,34-,35-,37?,38+,39-,40?,43?,44+/m0/s1. The second kappa shape index (κ2) is 19.5. The van der Waals surface area contributed by atoms with Crippen molar-refractivity contribution < 1.29 is 47.6 Å². The highest BCUT2D eigenvalue weighted by Crippen LogP contribution is 2.44. The summed E-state index contributed by atoms with van der Waals surface area (Å²) >= 11 is 0. The van der Waals surface area contributed by atoms with Crippen molar-refractivity contribution in [3.8, 4) is 0 Å². The van der Waals surface area contributed by atoms with E-state index in [9.17, 15) is 24.3 Å². The molecule has 11 atom stereocenters. The molecule has 1 aromatic rings. The molecule has 2 aliphatic rings. The summed E-state index contributed by atoms with van der Waals surface area (Å²) in [5, 5.41) is 14.1. The number of rotatable bonds is 15. The van der Waals surface area contributed by atoms with Crippen LogP contribution < -0.4 is 5.32 Å². The van der Waals surface area contributed by atoms with Gasteiger partial charge in [0.25, 0.3) is 5.91 Å². The van der Waals surface area contributed by atoms with E-state index < -0.39 is 72.7 Å². The Balaban J connectivity index is 1.96. The number of alkyl halides is 1. The van der Waals surface area contributed by atoms with Crippen LogP contribution in [-0.2, 0) is 28.5 Å². The topological polar surface area (TPSA) is 144 Å². The summed E-state index contributed by atoms with van der Waals surface area (Å²) in [6, 6.07) is 7.61. The van der Waals surface area contributed by atoms with Gasteiger partial charge in [-0.3, -0.25) is 14.4 Å². The molecule has 1 aromatic carbocycles. The van der Waals surface area contributed by atoms with Crippen molar-refractivity contribution in [3.05, 3.63) is 71.8 Å². The van der Waals surface area contributed by atoms with Gasteiger partial charge >= 0.3 is 11.9 Å². The van der Waals surface area contributed by atoms with Gasteiger partial charge < -0.3 is 34.2 Å². The third kappa shape index (κ3) is 12.9. The molecule has 2 aliphatic heterocycles. The minimum absolute atomic E-state index is 0.0367. The molecule has 0 saturated carbocycles. The largest absolute Gasteiger partial charge is 0.457 e. The van der Waals surface area contributed by atoms with Gasteiger partial charge in [0.15, 0.2) is 8.32 Å². The number of carbonyl (C=O) groups excluding carboxylic acids is 3. The van der Waals surface area contributed by atoms with Crippen LogP contribution in [0.1, 0.15) is 105 Å². The first-order valence-electron chi connectivity index (χ1n) is 20.0. The van der Waals surface area contributed by atoms with Crippen LogP contribution in [-0.4, -0.2) is 91.0 Å². The van der Waals surface area contributed by atoms with Crippen LogP contribution in [0.25, 0.3) is 0 Å². The van der Waals surface area contributed by atoms with E-state index in [0.29, 0.717) is 24.0 Å². The van der Waals surface area contributed by atoms with Gasteiger partial charge in [-0.1, -0.05) is 71.0 Å².